The molecule has 1 amide bonds. The quantitative estimate of drug-likeness (QED) is 0.197. The van der Waals surface area contributed by atoms with Crippen LogP contribution in [-0.2, 0) is 30.4 Å². The molecule has 3 rings (SSSR count). The molecule has 2 aliphatic carbocycles. The number of hydrogen-bond donors (Lipinski definition) is 3. The Morgan fingerprint density at radius 3 is 2.46 bits per heavy atom. The van der Waals surface area contributed by atoms with Crippen LogP contribution in [0.25, 0.3) is 0 Å². The Hall–Kier alpha value is -2.92. The lowest BCUT2D eigenvalue weighted by molar-refractivity contribution is -0.219. The highest BCUT2D eigenvalue weighted by Gasteiger charge is 2.47. The molecule has 0 heterocycles. The maximum atomic E-state index is 12.4. The molecule has 1 aromatic carbocycles. The van der Waals surface area contributed by atoms with Crippen molar-refractivity contribution in [2.75, 3.05) is 0 Å². The van der Waals surface area contributed by atoms with E-state index in [4.69, 9.17) is 10.6 Å². The van der Waals surface area contributed by atoms with Crippen molar-refractivity contribution in [2.24, 2.45) is 17.6 Å². The van der Waals surface area contributed by atoms with Crippen molar-refractivity contribution >= 4 is 17.8 Å². The minimum atomic E-state index is -5.32. The number of nitrogens with one attached hydrogen (secondary N) is 2. The standard InChI is InChI=1S/C24H30F3N3O5/c1-23(28,34-22(33)24(25,26)27)21(32)35-30-18(10-8-15-5-3-2-4-6-15)11-12-20(31)29-19-14-16-7-9-17(19)13-16/h2-6,11-12,16-19,30H,7-10,13-14,28H2,1H3,(H,29,31)/b12-11+/t16-,17+,18-,19-,23-/m0/s1. The van der Waals surface area contributed by atoms with Gasteiger partial charge in [-0.1, -0.05) is 42.8 Å². The van der Waals surface area contributed by atoms with Crippen LogP contribution in [0.5, 0.6) is 0 Å². The minimum absolute atomic E-state index is 0.153. The maximum absolute atomic E-state index is 12.4. The average Bonchev–Trinajstić information content (AvgIpc) is 3.41. The number of nitrogens with two attached hydrogens (primary N) is 1. The summed E-state index contributed by atoms with van der Waals surface area (Å²) >= 11 is 0. The first-order chi connectivity index (χ1) is 16.4. The Morgan fingerprint density at radius 2 is 1.86 bits per heavy atom. The van der Waals surface area contributed by atoms with Crippen molar-refractivity contribution < 1.29 is 37.1 Å². The van der Waals surface area contributed by atoms with Gasteiger partial charge in [0, 0.05) is 19.0 Å². The van der Waals surface area contributed by atoms with Crippen LogP contribution in [0.2, 0.25) is 0 Å². The summed E-state index contributed by atoms with van der Waals surface area (Å²) in [4.78, 5) is 40.5. The normalized spacial score (nSPS) is 24.1. The number of halogens is 3. The first-order valence-corrected chi connectivity index (χ1v) is 11.5. The van der Waals surface area contributed by atoms with Crippen LogP contribution in [0.15, 0.2) is 42.5 Å². The summed E-state index contributed by atoms with van der Waals surface area (Å²) < 4.78 is 41.4. The van der Waals surface area contributed by atoms with Crippen LogP contribution >= 0.6 is 0 Å². The van der Waals surface area contributed by atoms with E-state index in [2.05, 4.69) is 15.5 Å². The highest BCUT2D eigenvalue weighted by atomic mass is 19.4. The molecule has 0 saturated heterocycles. The van der Waals surface area contributed by atoms with Crippen molar-refractivity contribution in [1.82, 2.24) is 10.8 Å². The first-order valence-electron chi connectivity index (χ1n) is 11.5. The predicted molar refractivity (Wildman–Crippen MR) is 119 cm³/mol. The summed E-state index contributed by atoms with van der Waals surface area (Å²) in [6.45, 7) is 0.776. The van der Waals surface area contributed by atoms with Crippen LogP contribution in [0, 0.1) is 11.8 Å². The van der Waals surface area contributed by atoms with E-state index in [0.717, 1.165) is 31.7 Å². The number of rotatable bonds is 10. The van der Waals surface area contributed by atoms with E-state index in [0.29, 0.717) is 24.7 Å². The van der Waals surface area contributed by atoms with Gasteiger partial charge >= 0.3 is 18.1 Å². The zero-order valence-electron chi connectivity index (χ0n) is 19.3. The molecule has 2 saturated carbocycles. The molecule has 0 aliphatic heterocycles. The van der Waals surface area contributed by atoms with Crippen molar-refractivity contribution in [3.05, 3.63) is 48.0 Å². The van der Waals surface area contributed by atoms with E-state index in [1.165, 1.54) is 18.6 Å². The number of carbonyl (C=O) groups is 3. The second-order valence-electron chi connectivity index (χ2n) is 9.28. The summed E-state index contributed by atoms with van der Waals surface area (Å²) in [5, 5.41) is 3.02. The lowest BCUT2D eigenvalue weighted by atomic mass is 9.95. The molecule has 2 bridgehead atoms. The van der Waals surface area contributed by atoms with Gasteiger partial charge in [0.2, 0.25) is 5.91 Å². The number of hydroxylamine groups is 1. The molecule has 5 atom stereocenters. The molecule has 0 unspecified atom stereocenters. The minimum Gasteiger partial charge on any atom is -0.426 e. The van der Waals surface area contributed by atoms with Gasteiger partial charge in [-0.2, -0.15) is 13.2 Å². The molecule has 0 aromatic heterocycles. The zero-order chi connectivity index (χ0) is 25.6. The third kappa shape index (κ3) is 7.79. The predicted octanol–water partition coefficient (Wildman–Crippen LogP) is 2.68. The number of hydrogen-bond acceptors (Lipinski definition) is 7. The number of alkyl halides is 3. The average molecular weight is 498 g/mol. The molecular weight excluding hydrogens is 467 g/mol. The van der Waals surface area contributed by atoms with Crippen LogP contribution in [-0.4, -0.2) is 41.8 Å². The van der Waals surface area contributed by atoms with E-state index in [9.17, 15) is 27.6 Å². The summed E-state index contributed by atoms with van der Waals surface area (Å²) in [6, 6.07) is 8.89. The fourth-order valence-corrected chi connectivity index (χ4v) is 4.54. The number of benzene rings is 1. The van der Waals surface area contributed by atoms with Crippen LogP contribution in [0.3, 0.4) is 0 Å². The molecule has 2 aliphatic rings. The second-order valence-corrected chi connectivity index (χ2v) is 9.28. The van der Waals surface area contributed by atoms with E-state index in [1.807, 2.05) is 30.3 Å². The number of aryl methyl sites for hydroxylation is 1. The monoisotopic (exact) mass is 497 g/mol. The molecule has 8 nitrogen and oxygen atoms in total. The number of ether oxygens (including phenoxy) is 1. The van der Waals surface area contributed by atoms with Crippen LogP contribution < -0.4 is 16.5 Å². The number of amides is 1. The molecule has 0 radical (unpaired) electrons. The largest absolute Gasteiger partial charge is 0.491 e. The summed E-state index contributed by atoms with van der Waals surface area (Å²) in [7, 11) is 0. The Kier molecular flexibility index (Phi) is 8.55. The maximum Gasteiger partial charge on any atom is 0.491 e. The zero-order valence-corrected chi connectivity index (χ0v) is 19.3. The molecule has 11 heteroatoms. The van der Waals surface area contributed by atoms with E-state index >= 15 is 0 Å². The molecule has 1 aromatic rings. The van der Waals surface area contributed by atoms with E-state index in [-0.39, 0.29) is 11.9 Å². The Labute approximate surface area is 201 Å². The Morgan fingerprint density at radius 1 is 1.14 bits per heavy atom. The topological polar surface area (TPSA) is 120 Å². The highest BCUT2D eigenvalue weighted by molar-refractivity contribution is 5.88. The van der Waals surface area contributed by atoms with Gasteiger partial charge in [-0.3, -0.25) is 10.5 Å². The van der Waals surface area contributed by atoms with E-state index in [1.54, 1.807) is 0 Å². The van der Waals surface area contributed by atoms with Crippen molar-refractivity contribution in [3.8, 4) is 0 Å². The molecule has 35 heavy (non-hydrogen) atoms. The lowest BCUT2D eigenvalue weighted by Crippen LogP contribution is -2.53. The van der Waals surface area contributed by atoms with Crippen LogP contribution in [0.1, 0.15) is 44.6 Å². The van der Waals surface area contributed by atoms with Crippen LogP contribution in [0.4, 0.5) is 13.2 Å². The summed E-state index contributed by atoms with van der Waals surface area (Å²) in [5.41, 5.74) is 6.15. The van der Waals surface area contributed by atoms with Gasteiger partial charge < -0.3 is 14.9 Å². The van der Waals surface area contributed by atoms with Crippen molar-refractivity contribution in [2.45, 2.75) is 69.4 Å². The summed E-state index contributed by atoms with van der Waals surface area (Å²) in [6.07, 6.45) is 2.92. The molecule has 0 spiro atoms. The molecular formula is C24H30F3N3O5. The van der Waals surface area contributed by atoms with Gasteiger partial charge in [0.25, 0.3) is 5.72 Å². The molecule has 192 valence electrons. The summed E-state index contributed by atoms with van der Waals surface area (Å²) in [5.74, 6) is -3.14. The van der Waals surface area contributed by atoms with Gasteiger partial charge in [0.15, 0.2) is 0 Å². The lowest BCUT2D eigenvalue weighted by Gasteiger charge is -2.24. The Balaban J connectivity index is 1.58. The van der Waals surface area contributed by atoms with Gasteiger partial charge in [-0.15, -0.1) is 5.48 Å². The van der Waals surface area contributed by atoms with Gasteiger partial charge in [-0.05, 0) is 49.5 Å². The molecule has 2 fully saturated rings. The van der Waals surface area contributed by atoms with Crippen molar-refractivity contribution in [1.29, 1.82) is 0 Å². The highest BCUT2D eigenvalue weighted by Crippen LogP contribution is 2.44. The van der Waals surface area contributed by atoms with Gasteiger partial charge in [-0.25, -0.2) is 9.59 Å². The fraction of sp³-hybridized carbons (Fsp3) is 0.542. The number of fused-ring (bicyclic) bond motifs is 2. The van der Waals surface area contributed by atoms with Gasteiger partial charge in [0.05, 0.1) is 6.04 Å². The smallest absolute Gasteiger partial charge is 0.426 e. The fourth-order valence-electron chi connectivity index (χ4n) is 4.54. The van der Waals surface area contributed by atoms with Gasteiger partial charge in [0.1, 0.15) is 0 Å². The Bertz CT molecular complexity index is 936. The SMILES string of the molecule is C[C@](N)(OC(=O)C(F)(F)F)C(=O)ON[C@H](/C=C/C(=O)N[C@H]1C[C@H]2CC[C@@H]1C2)CCc1ccccc1. The van der Waals surface area contributed by atoms with Crippen molar-refractivity contribution in [3.63, 3.8) is 0 Å². The second kappa shape index (κ2) is 11.2. The molecule has 4 N–H and O–H groups in total. The first kappa shape index (κ1) is 26.7. The third-order valence-corrected chi connectivity index (χ3v) is 6.38. The van der Waals surface area contributed by atoms with E-state index < -0.39 is 29.9 Å². The number of esters is 1. The third-order valence-electron chi connectivity index (χ3n) is 6.38. The number of carbonyl (C=O) groups excluding carboxylic acids is 3.